The predicted molar refractivity (Wildman–Crippen MR) is 102 cm³/mol. The van der Waals surface area contributed by atoms with Crippen molar-refractivity contribution in [2.75, 3.05) is 6.61 Å². The first-order chi connectivity index (χ1) is 9.90. The number of aryl methyl sites for hydroxylation is 1. The van der Waals surface area contributed by atoms with Crippen molar-refractivity contribution in [3.8, 4) is 5.75 Å². The van der Waals surface area contributed by atoms with Gasteiger partial charge in [-0.05, 0) is 24.6 Å². The van der Waals surface area contributed by atoms with Gasteiger partial charge in [0.2, 0.25) is 0 Å². The molecule has 0 N–H and O–H groups in total. The monoisotopic (exact) mass is 256 g/mol. The summed E-state index contributed by atoms with van der Waals surface area (Å²) in [5.41, 5.74) is 2.30. The summed E-state index contributed by atoms with van der Waals surface area (Å²) >= 11 is 0. The van der Waals surface area contributed by atoms with Crippen LogP contribution in [0.15, 0.2) is 35.7 Å². The molecular formula is C10H10B10O. The van der Waals surface area contributed by atoms with E-state index in [0.717, 1.165) is 16.8 Å². The summed E-state index contributed by atoms with van der Waals surface area (Å²) in [6.45, 7) is 2.65. The first-order valence-electron chi connectivity index (χ1n) is 7.08. The Hall–Kier alpha value is -0.591. The number of ether oxygens (including phenoxy) is 1. The van der Waals surface area contributed by atoms with Gasteiger partial charge in [0.25, 0.3) is 0 Å². The summed E-state index contributed by atoms with van der Waals surface area (Å²) in [5, 5.41) is 0. The van der Waals surface area contributed by atoms with E-state index in [1.165, 1.54) is 0 Å². The first kappa shape index (κ1) is 16.8. The normalized spacial score (nSPS) is 12.4. The molecule has 0 saturated heterocycles. The molecule has 0 atom stereocenters. The largest absolute Gasteiger partial charge is 0.490 e. The van der Waals surface area contributed by atoms with Crippen molar-refractivity contribution in [3.63, 3.8) is 0 Å². The lowest BCUT2D eigenvalue weighted by atomic mass is 8.57. The Balaban J connectivity index is 1.89. The number of rotatable bonds is 7. The zero-order valence-corrected chi connectivity index (χ0v) is 12.3. The van der Waals surface area contributed by atoms with Crippen LogP contribution in [-0.4, -0.2) is 77.4 Å². The molecule has 0 saturated carbocycles. The lowest BCUT2D eigenvalue weighted by Gasteiger charge is -2.25. The Labute approximate surface area is 136 Å². The maximum atomic E-state index is 6.01. The molecule has 1 heterocycles. The van der Waals surface area contributed by atoms with Gasteiger partial charge < -0.3 is 4.74 Å². The molecule has 2 rings (SSSR count). The van der Waals surface area contributed by atoms with Crippen LogP contribution in [0.4, 0.5) is 0 Å². The third-order valence-corrected chi connectivity index (χ3v) is 3.86. The van der Waals surface area contributed by atoms with Crippen LogP contribution >= 0.6 is 0 Å². The highest BCUT2D eigenvalue weighted by molar-refractivity contribution is 8.01. The van der Waals surface area contributed by atoms with E-state index in [9.17, 15) is 0 Å². The fourth-order valence-electron chi connectivity index (χ4n) is 2.55. The summed E-state index contributed by atoms with van der Waals surface area (Å²) in [4.78, 5) is 0. The van der Waals surface area contributed by atoms with Crippen LogP contribution < -0.4 is 4.74 Å². The van der Waals surface area contributed by atoms with Crippen molar-refractivity contribution in [2.24, 2.45) is 0 Å². The smallest absolute Gasteiger partial charge is 0.148 e. The molecule has 10 radical (unpaired) electrons. The third-order valence-electron chi connectivity index (χ3n) is 3.86. The van der Waals surface area contributed by atoms with Crippen molar-refractivity contribution in [3.05, 3.63) is 41.3 Å². The Morgan fingerprint density at radius 2 is 1.81 bits per heavy atom. The Morgan fingerprint density at radius 3 is 2.38 bits per heavy atom. The van der Waals surface area contributed by atoms with Crippen molar-refractivity contribution in [1.29, 1.82) is 0 Å². The molecule has 0 fully saturated rings. The van der Waals surface area contributed by atoms with E-state index >= 15 is 0 Å². The zero-order chi connectivity index (χ0) is 15.6. The molecule has 0 aliphatic carbocycles. The Kier molecular flexibility index (Phi) is 5.68. The molecule has 1 aliphatic rings. The van der Waals surface area contributed by atoms with Gasteiger partial charge in [-0.2, -0.15) is 0 Å². The molecule has 1 aromatic rings. The van der Waals surface area contributed by atoms with Crippen LogP contribution in [0.1, 0.15) is 5.56 Å². The van der Waals surface area contributed by atoms with E-state index in [4.69, 9.17) is 43.4 Å². The van der Waals surface area contributed by atoms with Gasteiger partial charge in [-0.25, -0.2) is 0 Å². The van der Waals surface area contributed by atoms with E-state index in [-0.39, 0.29) is 13.0 Å². The standard InChI is InChI=1S/C10H10B10O/c1-8-3-2-4-10(5-8)21-7-9-6-16(9)20(18(13)14)19(15)17(11)12/h2-6H,7H2,1H3. The maximum absolute atomic E-state index is 6.01. The van der Waals surface area contributed by atoms with E-state index in [2.05, 4.69) is 5.98 Å². The lowest BCUT2D eigenvalue weighted by molar-refractivity contribution is 0.360. The zero-order valence-electron chi connectivity index (χ0n) is 12.3. The van der Waals surface area contributed by atoms with Gasteiger partial charge in [0, 0.05) is 64.2 Å². The summed E-state index contributed by atoms with van der Waals surface area (Å²) in [6.07, 6.45) is -1.81. The Morgan fingerprint density at radius 1 is 1.10 bits per heavy atom. The van der Waals surface area contributed by atoms with E-state index < -0.39 is 19.2 Å². The fraction of sp³-hybridized carbons (Fsp3) is 0.200. The molecule has 21 heavy (non-hydrogen) atoms. The van der Waals surface area contributed by atoms with E-state index in [0.29, 0.717) is 6.61 Å². The maximum Gasteiger partial charge on any atom is 0.148 e. The van der Waals surface area contributed by atoms with Gasteiger partial charge >= 0.3 is 0 Å². The average Bonchev–Trinajstić information content (AvgIpc) is 3.15. The van der Waals surface area contributed by atoms with Crippen molar-refractivity contribution in [2.45, 2.75) is 6.92 Å². The van der Waals surface area contributed by atoms with Gasteiger partial charge in [-0.3, -0.25) is 0 Å². The van der Waals surface area contributed by atoms with Gasteiger partial charge in [0.15, 0.2) is 0 Å². The molecule has 1 nitrogen and oxygen atoms in total. The van der Waals surface area contributed by atoms with Gasteiger partial charge in [0.1, 0.15) is 19.0 Å². The van der Waals surface area contributed by atoms with Gasteiger partial charge in [-0.15, -0.1) is 5.98 Å². The van der Waals surface area contributed by atoms with Gasteiger partial charge in [0.05, 0.1) is 0 Å². The first-order valence-corrected chi connectivity index (χ1v) is 7.08. The molecular weight excluding hydrogens is 244 g/mol. The summed E-state index contributed by atoms with van der Waals surface area (Å²) in [7, 11) is 29.0. The van der Waals surface area contributed by atoms with Crippen LogP contribution in [0.3, 0.4) is 0 Å². The molecule has 1 aromatic carbocycles. The summed E-state index contributed by atoms with van der Waals surface area (Å²) in [6, 6.07) is 7.91. The van der Waals surface area contributed by atoms with Crippen LogP contribution in [0.2, 0.25) is 0 Å². The molecule has 0 amide bonds. The number of hydrogen-bond acceptors (Lipinski definition) is 1. The molecule has 0 unspecified atom stereocenters. The van der Waals surface area contributed by atoms with Gasteiger partial charge in [-0.1, -0.05) is 17.6 Å². The highest BCUT2D eigenvalue weighted by Crippen LogP contribution is 2.24. The third kappa shape index (κ3) is 4.44. The number of benzene rings is 1. The minimum Gasteiger partial charge on any atom is -0.490 e. The minimum atomic E-state index is -0.641. The van der Waals surface area contributed by atoms with Crippen LogP contribution in [0.25, 0.3) is 0 Å². The fourth-order valence-corrected chi connectivity index (χ4v) is 2.55. The molecule has 0 bridgehead atoms. The molecule has 11 heteroatoms. The van der Waals surface area contributed by atoms with E-state index in [1.807, 2.05) is 31.2 Å². The quantitative estimate of drug-likeness (QED) is 0.539. The average molecular weight is 254 g/mol. The molecule has 0 aromatic heterocycles. The summed E-state index contributed by atoms with van der Waals surface area (Å²) in [5.74, 6) is 2.91. The van der Waals surface area contributed by atoms with Crippen molar-refractivity contribution >= 4 is 70.8 Å². The molecule has 86 valence electrons. The number of hydrogen-bond donors (Lipinski definition) is 0. The highest BCUT2D eigenvalue weighted by Gasteiger charge is 2.43. The Bertz CT molecular complexity index is 518. The lowest BCUT2D eigenvalue weighted by Crippen LogP contribution is -2.64. The minimum absolute atomic E-state index is 0.124. The topological polar surface area (TPSA) is 9.23 Å². The van der Waals surface area contributed by atoms with Crippen LogP contribution in [-0.2, 0) is 0 Å². The SMILES string of the molecule is [B]B([B])B([B])B(B([B])[B])B1C=C1COc1cccc(C)c1. The predicted octanol–water partition coefficient (Wildman–Crippen LogP) is -1.49. The second-order valence-corrected chi connectivity index (χ2v) is 5.68. The van der Waals surface area contributed by atoms with Crippen LogP contribution in [0, 0.1) is 6.92 Å². The molecule has 1 aliphatic heterocycles. The molecule has 0 spiro atoms. The second-order valence-electron chi connectivity index (χ2n) is 5.68. The second kappa shape index (κ2) is 7.11. The van der Waals surface area contributed by atoms with Crippen LogP contribution in [0.5, 0.6) is 5.75 Å². The van der Waals surface area contributed by atoms with E-state index in [1.54, 1.807) is 0 Å². The highest BCUT2D eigenvalue weighted by atomic mass is 16.5. The summed E-state index contributed by atoms with van der Waals surface area (Å²) < 4.78 is 5.76. The van der Waals surface area contributed by atoms with Crippen molar-refractivity contribution < 1.29 is 4.74 Å². The van der Waals surface area contributed by atoms with Crippen molar-refractivity contribution in [1.82, 2.24) is 0 Å².